The molecule has 4 atom stereocenters. The van der Waals surface area contributed by atoms with E-state index in [1.807, 2.05) is 52.0 Å². The number of likely N-dealkylation sites (tertiary alicyclic amines) is 1. The standard InChI is InChI=1S/C23H32N4O4S.ClH/c1-13-19(32-12-25-13)15-7-5-14(6-8-15)17(11-28)26-21(30)18-9-16(29)10-27(18)22(31)20(24)23(2,3)4;/h5-8,12,16-18,20,28-29H,9-11,24H2,1-4H3,(H,26,30);1H/t16-,17?,18+,20?;/m1./s1. The summed E-state index contributed by atoms with van der Waals surface area (Å²) in [6.07, 6.45) is -0.660. The number of halogens is 1. The lowest BCUT2D eigenvalue weighted by molar-refractivity contribution is -0.141. The first kappa shape index (κ1) is 27.2. The monoisotopic (exact) mass is 496 g/mol. The van der Waals surface area contributed by atoms with Gasteiger partial charge in [-0.05, 0) is 23.5 Å². The van der Waals surface area contributed by atoms with Gasteiger partial charge in [0.05, 0.1) is 40.9 Å². The number of nitrogens with two attached hydrogens (primary N) is 1. The molecule has 1 aliphatic rings. The fourth-order valence-corrected chi connectivity index (χ4v) is 4.61. The second-order valence-electron chi connectivity index (χ2n) is 9.37. The highest BCUT2D eigenvalue weighted by atomic mass is 35.5. The van der Waals surface area contributed by atoms with Gasteiger partial charge in [-0.3, -0.25) is 9.59 Å². The molecule has 33 heavy (non-hydrogen) atoms. The van der Waals surface area contributed by atoms with Gasteiger partial charge < -0.3 is 26.2 Å². The van der Waals surface area contributed by atoms with E-state index in [0.717, 1.165) is 21.7 Å². The molecule has 0 aliphatic carbocycles. The van der Waals surface area contributed by atoms with E-state index in [1.165, 1.54) is 4.90 Å². The summed E-state index contributed by atoms with van der Waals surface area (Å²) in [7, 11) is 0. The number of carbonyl (C=O) groups excluding carboxylic acids is 2. The summed E-state index contributed by atoms with van der Waals surface area (Å²) in [5, 5.41) is 22.9. The maximum Gasteiger partial charge on any atom is 0.243 e. The molecule has 10 heteroatoms. The van der Waals surface area contributed by atoms with Gasteiger partial charge in [0, 0.05) is 13.0 Å². The maximum atomic E-state index is 13.0. The molecule has 182 valence electrons. The molecule has 1 aliphatic heterocycles. The molecule has 5 N–H and O–H groups in total. The zero-order valence-corrected chi connectivity index (χ0v) is 20.9. The molecule has 1 fully saturated rings. The molecule has 0 bridgehead atoms. The molecule has 2 amide bonds. The number of rotatable bonds is 6. The van der Waals surface area contributed by atoms with Gasteiger partial charge in [0.1, 0.15) is 6.04 Å². The summed E-state index contributed by atoms with van der Waals surface area (Å²) in [5.74, 6) is -0.781. The van der Waals surface area contributed by atoms with Crippen LogP contribution in [0.2, 0.25) is 0 Å². The van der Waals surface area contributed by atoms with Crippen molar-refractivity contribution < 1.29 is 19.8 Å². The largest absolute Gasteiger partial charge is 0.394 e. The number of nitrogens with one attached hydrogen (secondary N) is 1. The first-order valence-electron chi connectivity index (χ1n) is 10.7. The van der Waals surface area contributed by atoms with E-state index >= 15 is 0 Å². The first-order valence-corrected chi connectivity index (χ1v) is 11.6. The molecule has 1 saturated heterocycles. The van der Waals surface area contributed by atoms with Crippen LogP contribution in [0.3, 0.4) is 0 Å². The molecular weight excluding hydrogens is 464 g/mol. The number of aryl methyl sites for hydroxylation is 1. The number of benzene rings is 1. The first-order chi connectivity index (χ1) is 15.0. The number of aliphatic hydroxyl groups is 2. The number of aliphatic hydroxyl groups excluding tert-OH is 2. The van der Waals surface area contributed by atoms with E-state index in [0.29, 0.717) is 0 Å². The molecule has 0 saturated carbocycles. The summed E-state index contributed by atoms with van der Waals surface area (Å²) in [6, 6.07) is 5.32. The molecule has 2 aromatic rings. The van der Waals surface area contributed by atoms with Gasteiger partial charge in [0.2, 0.25) is 11.8 Å². The SMILES string of the molecule is Cc1ncsc1-c1ccc(C(CO)NC(=O)[C@@H]2C[C@@H](O)CN2C(=O)C(N)C(C)(C)C)cc1.Cl. The summed E-state index contributed by atoms with van der Waals surface area (Å²) < 4.78 is 0. The van der Waals surface area contributed by atoms with Crippen molar-refractivity contribution in [2.45, 2.75) is 58.3 Å². The summed E-state index contributed by atoms with van der Waals surface area (Å²) in [4.78, 5) is 32.7. The molecule has 8 nitrogen and oxygen atoms in total. The minimum absolute atomic E-state index is 0. The second kappa shape index (κ2) is 10.9. The van der Waals surface area contributed by atoms with Crippen LogP contribution in [0, 0.1) is 12.3 Å². The third kappa shape index (κ3) is 6.10. The van der Waals surface area contributed by atoms with E-state index in [4.69, 9.17) is 5.73 Å². The molecule has 2 heterocycles. The Hall–Kier alpha value is -2.04. The topological polar surface area (TPSA) is 129 Å². The fourth-order valence-electron chi connectivity index (χ4n) is 3.80. The van der Waals surface area contributed by atoms with Gasteiger partial charge in [0.25, 0.3) is 0 Å². The predicted molar refractivity (Wildman–Crippen MR) is 131 cm³/mol. The van der Waals surface area contributed by atoms with Crippen LogP contribution in [0.25, 0.3) is 10.4 Å². The van der Waals surface area contributed by atoms with Gasteiger partial charge >= 0.3 is 0 Å². The van der Waals surface area contributed by atoms with Crippen molar-refractivity contribution in [3.05, 3.63) is 41.0 Å². The van der Waals surface area contributed by atoms with Gasteiger partial charge in [0.15, 0.2) is 0 Å². The summed E-state index contributed by atoms with van der Waals surface area (Å²) in [6.45, 7) is 7.29. The third-order valence-electron chi connectivity index (χ3n) is 5.88. The van der Waals surface area contributed by atoms with Crippen LogP contribution in [0.4, 0.5) is 0 Å². The van der Waals surface area contributed by atoms with Crippen LogP contribution in [0.15, 0.2) is 29.8 Å². The lowest BCUT2D eigenvalue weighted by Crippen LogP contribution is -2.55. The zero-order valence-electron chi connectivity index (χ0n) is 19.3. The van der Waals surface area contributed by atoms with Gasteiger partial charge in [-0.25, -0.2) is 4.98 Å². The average molecular weight is 497 g/mol. The van der Waals surface area contributed by atoms with Gasteiger partial charge in [-0.15, -0.1) is 23.7 Å². The van der Waals surface area contributed by atoms with Gasteiger partial charge in [-0.2, -0.15) is 0 Å². The average Bonchev–Trinajstić information content (AvgIpc) is 3.35. The number of hydrogen-bond donors (Lipinski definition) is 4. The minimum atomic E-state index is -0.834. The van der Waals surface area contributed by atoms with Crippen molar-refractivity contribution >= 4 is 35.6 Å². The van der Waals surface area contributed by atoms with Crippen molar-refractivity contribution in [1.29, 1.82) is 0 Å². The van der Waals surface area contributed by atoms with E-state index in [2.05, 4.69) is 10.3 Å². The van der Waals surface area contributed by atoms with E-state index in [1.54, 1.807) is 16.8 Å². The number of hydrogen-bond acceptors (Lipinski definition) is 7. The number of thiazole rings is 1. The molecule has 0 spiro atoms. The van der Waals surface area contributed by atoms with Crippen LogP contribution in [0.1, 0.15) is 44.5 Å². The second-order valence-corrected chi connectivity index (χ2v) is 10.2. The van der Waals surface area contributed by atoms with Crippen molar-refractivity contribution in [3.8, 4) is 10.4 Å². The lowest BCUT2D eigenvalue weighted by atomic mass is 9.86. The number of β-amino-alcohol motifs (C(OH)–C–C–N with tert-alkyl or cyclic N) is 1. The Morgan fingerprint density at radius 2 is 1.94 bits per heavy atom. The Balaban J connectivity index is 0.00000385. The van der Waals surface area contributed by atoms with Crippen molar-refractivity contribution in [3.63, 3.8) is 0 Å². The van der Waals surface area contributed by atoms with E-state index < -0.39 is 35.6 Å². The third-order valence-corrected chi connectivity index (χ3v) is 6.86. The van der Waals surface area contributed by atoms with Crippen LogP contribution >= 0.6 is 23.7 Å². The Morgan fingerprint density at radius 1 is 1.30 bits per heavy atom. The number of nitrogens with zero attached hydrogens (tertiary/aromatic N) is 2. The van der Waals surface area contributed by atoms with E-state index in [-0.39, 0.29) is 37.9 Å². The molecule has 1 aromatic carbocycles. The normalized spacial score (nSPS) is 20.2. The molecule has 1 aromatic heterocycles. The van der Waals surface area contributed by atoms with Crippen LogP contribution in [-0.2, 0) is 9.59 Å². The quantitative estimate of drug-likeness (QED) is 0.484. The maximum absolute atomic E-state index is 13.0. The molecule has 3 rings (SSSR count). The van der Waals surface area contributed by atoms with Crippen molar-refractivity contribution in [2.75, 3.05) is 13.2 Å². The molecular formula is C23H33ClN4O4S. The van der Waals surface area contributed by atoms with Crippen LogP contribution < -0.4 is 11.1 Å². The van der Waals surface area contributed by atoms with Crippen LogP contribution in [-0.4, -0.2) is 63.3 Å². The summed E-state index contributed by atoms with van der Waals surface area (Å²) in [5.41, 5.74) is 10.2. The Bertz CT molecular complexity index is 960. The predicted octanol–water partition coefficient (Wildman–Crippen LogP) is 2.03. The molecule has 0 radical (unpaired) electrons. The smallest absolute Gasteiger partial charge is 0.243 e. The highest BCUT2D eigenvalue weighted by molar-refractivity contribution is 7.13. The minimum Gasteiger partial charge on any atom is -0.394 e. The molecule has 2 unspecified atom stereocenters. The van der Waals surface area contributed by atoms with E-state index in [9.17, 15) is 19.8 Å². The van der Waals surface area contributed by atoms with Gasteiger partial charge in [-0.1, -0.05) is 45.0 Å². The summed E-state index contributed by atoms with van der Waals surface area (Å²) >= 11 is 1.56. The zero-order chi connectivity index (χ0) is 23.6. The number of carbonyl (C=O) groups is 2. The lowest BCUT2D eigenvalue weighted by Gasteiger charge is -2.33. The van der Waals surface area contributed by atoms with Crippen molar-refractivity contribution in [1.82, 2.24) is 15.2 Å². The number of amides is 2. The Morgan fingerprint density at radius 3 is 2.45 bits per heavy atom. The highest BCUT2D eigenvalue weighted by Crippen LogP contribution is 2.29. The number of aromatic nitrogens is 1. The van der Waals surface area contributed by atoms with Crippen molar-refractivity contribution in [2.24, 2.45) is 11.1 Å². The Kier molecular flexibility index (Phi) is 9.01. The fraction of sp³-hybridized carbons (Fsp3) is 0.522. The highest BCUT2D eigenvalue weighted by Gasteiger charge is 2.43. The van der Waals surface area contributed by atoms with Crippen LogP contribution in [0.5, 0.6) is 0 Å². The Labute approximate surface area is 204 Å².